The van der Waals surface area contributed by atoms with Crippen LogP contribution in [0.15, 0.2) is 4.79 Å². The number of pyridine rings is 1. The third-order valence-electron chi connectivity index (χ3n) is 2.19. The van der Waals surface area contributed by atoms with E-state index >= 15 is 0 Å². The summed E-state index contributed by atoms with van der Waals surface area (Å²) in [4.78, 5) is 65.3. The lowest BCUT2D eigenvalue weighted by molar-refractivity contribution is 0.106. The third-order valence-corrected chi connectivity index (χ3v) is 2.19. The molecule has 1 rings (SSSR count). The van der Waals surface area contributed by atoms with Crippen molar-refractivity contribution in [2.75, 3.05) is 0 Å². The van der Waals surface area contributed by atoms with Gasteiger partial charge in [-0.25, -0.2) is 9.36 Å². The average Bonchev–Trinajstić information content (AvgIpc) is 2.36. The van der Waals surface area contributed by atoms with Crippen LogP contribution < -0.4 is 5.56 Å². The molecular formula is C10H5NO7. The van der Waals surface area contributed by atoms with Crippen LogP contribution in [0.1, 0.15) is 41.6 Å². The van der Waals surface area contributed by atoms with Crippen molar-refractivity contribution in [1.82, 2.24) is 4.57 Å². The van der Waals surface area contributed by atoms with E-state index in [1.54, 1.807) is 0 Å². The molecule has 18 heavy (non-hydrogen) atoms. The van der Waals surface area contributed by atoms with Gasteiger partial charge in [0.05, 0.1) is 11.1 Å². The number of aromatic nitrogens is 1. The van der Waals surface area contributed by atoms with Gasteiger partial charge in [0.2, 0.25) is 0 Å². The summed E-state index contributed by atoms with van der Waals surface area (Å²) in [5, 5.41) is 8.77. The van der Waals surface area contributed by atoms with E-state index in [9.17, 15) is 28.8 Å². The Balaban J connectivity index is 4.10. The van der Waals surface area contributed by atoms with E-state index < -0.39 is 34.0 Å². The standard InChI is InChI=1S/C10H5NO7/c12-1-5-6(2-13)8(4-15)11(10(17)18)9(16)7(5)3-14/h1-4H,(H,17,18). The van der Waals surface area contributed by atoms with Gasteiger partial charge in [-0.05, 0) is 0 Å². The molecule has 0 unspecified atom stereocenters. The van der Waals surface area contributed by atoms with Gasteiger partial charge >= 0.3 is 6.09 Å². The monoisotopic (exact) mass is 251 g/mol. The first-order chi connectivity index (χ1) is 8.53. The molecule has 0 aliphatic carbocycles. The van der Waals surface area contributed by atoms with Gasteiger partial charge in [0.25, 0.3) is 5.56 Å². The number of rotatable bonds is 4. The number of hydrogen-bond donors (Lipinski definition) is 1. The highest BCUT2D eigenvalue weighted by Crippen LogP contribution is 2.10. The van der Waals surface area contributed by atoms with Crippen LogP contribution in [-0.4, -0.2) is 40.9 Å². The van der Waals surface area contributed by atoms with Crippen molar-refractivity contribution in [2.45, 2.75) is 0 Å². The van der Waals surface area contributed by atoms with Crippen molar-refractivity contribution in [1.29, 1.82) is 0 Å². The predicted molar refractivity (Wildman–Crippen MR) is 55.7 cm³/mol. The summed E-state index contributed by atoms with van der Waals surface area (Å²) in [5.41, 5.74) is -4.17. The van der Waals surface area contributed by atoms with Crippen LogP contribution in [0.25, 0.3) is 0 Å². The zero-order valence-corrected chi connectivity index (χ0v) is 8.65. The first-order valence-corrected chi connectivity index (χ1v) is 4.40. The zero-order valence-electron chi connectivity index (χ0n) is 8.65. The number of carbonyl (C=O) groups is 5. The molecule has 0 saturated heterocycles. The molecule has 1 aromatic rings. The Labute approximate surface area is 98.4 Å². The highest BCUT2D eigenvalue weighted by Gasteiger charge is 2.23. The van der Waals surface area contributed by atoms with Gasteiger partial charge in [-0.15, -0.1) is 0 Å². The van der Waals surface area contributed by atoms with Gasteiger partial charge in [-0.3, -0.25) is 24.0 Å². The fraction of sp³-hybridized carbons (Fsp3) is 0. The summed E-state index contributed by atoms with van der Waals surface area (Å²) in [6, 6.07) is 0. The fourth-order valence-electron chi connectivity index (χ4n) is 1.42. The summed E-state index contributed by atoms with van der Waals surface area (Å²) in [7, 11) is 0. The maximum absolute atomic E-state index is 11.6. The topological polar surface area (TPSA) is 128 Å². The quantitative estimate of drug-likeness (QED) is 0.722. The number of carboxylic acid groups (broad SMARTS) is 1. The fourth-order valence-corrected chi connectivity index (χ4v) is 1.42. The Bertz CT molecular complexity index is 626. The van der Waals surface area contributed by atoms with Crippen LogP contribution in [0.3, 0.4) is 0 Å². The molecule has 0 saturated carbocycles. The highest BCUT2D eigenvalue weighted by molar-refractivity contribution is 6.03. The van der Waals surface area contributed by atoms with Gasteiger partial charge < -0.3 is 5.11 Å². The van der Waals surface area contributed by atoms with E-state index in [1.165, 1.54) is 0 Å². The van der Waals surface area contributed by atoms with Gasteiger partial charge in [-0.2, -0.15) is 0 Å². The van der Waals surface area contributed by atoms with Crippen LogP contribution >= 0.6 is 0 Å². The summed E-state index contributed by atoms with van der Waals surface area (Å²) >= 11 is 0. The van der Waals surface area contributed by atoms with E-state index in [1.807, 2.05) is 0 Å². The van der Waals surface area contributed by atoms with Crippen molar-refractivity contribution < 1.29 is 29.1 Å². The van der Waals surface area contributed by atoms with E-state index in [0.717, 1.165) is 0 Å². The average molecular weight is 251 g/mol. The Morgan fingerprint density at radius 3 is 1.72 bits per heavy atom. The Kier molecular flexibility index (Phi) is 3.62. The van der Waals surface area contributed by atoms with Crippen LogP contribution in [0.5, 0.6) is 0 Å². The van der Waals surface area contributed by atoms with Gasteiger partial charge in [-0.1, -0.05) is 0 Å². The summed E-state index contributed by atoms with van der Waals surface area (Å²) in [5.74, 6) is 0. The van der Waals surface area contributed by atoms with Crippen molar-refractivity contribution in [2.24, 2.45) is 0 Å². The smallest absolute Gasteiger partial charge is 0.419 e. The van der Waals surface area contributed by atoms with Crippen LogP contribution in [0.4, 0.5) is 4.79 Å². The largest absolute Gasteiger partial charge is 0.464 e. The molecule has 1 N–H and O–H groups in total. The lowest BCUT2D eigenvalue weighted by Crippen LogP contribution is -2.34. The Morgan fingerprint density at radius 1 is 0.889 bits per heavy atom. The van der Waals surface area contributed by atoms with Crippen molar-refractivity contribution >= 4 is 31.2 Å². The first-order valence-electron chi connectivity index (χ1n) is 4.40. The minimum absolute atomic E-state index is 0.0271. The van der Waals surface area contributed by atoms with Crippen LogP contribution in [0.2, 0.25) is 0 Å². The van der Waals surface area contributed by atoms with E-state index in [-0.39, 0.29) is 29.7 Å². The second-order valence-electron chi connectivity index (χ2n) is 3.02. The van der Waals surface area contributed by atoms with E-state index in [0.29, 0.717) is 0 Å². The molecule has 0 aliphatic heterocycles. The highest BCUT2D eigenvalue weighted by atomic mass is 16.4. The minimum atomic E-state index is -1.84. The molecule has 0 radical (unpaired) electrons. The SMILES string of the molecule is O=Cc1c(C=O)c(C=O)n(C(=O)O)c(=O)c1C=O. The van der Waals surface area contributed by atoms with Crippen molar-refractivity contribution in [3.05, 3.63) is 32.7 Å². The Morgan fingerprint density at radius 2 is 1.39 bits per heavy atom. The van der Waals surface area contributed by atoms with E-state index in [4.69, 9.17) is 5.11 Å². The summed E-state index contributed by atoms with van der Waals surface area (Å²) < 4.78 is -0.0620. The molecule has 0 atom stereocenters. The van der Waals surface area contributed by atoms with Crippen LogP contribution in [0, 0.1) is 0 Å². The molecule has 1 aromatic heterocycles. The molecule has 0 spiro atoms. The van der Waals surface area contributed by atoms with Crippen LogP contribution in [-0.2, 0) is 0 Å². The molecule has 8 nitrogen and oxygen atoms in total. The molecule has 0 amide bonds. The molecule has 0 fully saturated rings. The normalized spacial score (nSPS) is 9.56. The summed E-state index contributed by atoms with van der Waals surface area (Å²) in [6.07, 6.45) is -1.88. The van der Waals surface area contributed by atoms with Gasteiger partial charge in [0.1, 0.15) is 5.69 Å². The number of hydrogen-bond acceptors (Lipinski definition) is 6. The maximum atomic E-state index is 11.6. The second-order valence-corrected chi connectivity index (χ2v) is 3.02. The predicted octanol–water partition coefficient (Wildman–Crippen LogP) is -0.376. The van der Waals surface area contributed by atoms with Gasteiger partial charge in [0.15, 0.2) is 25.1 Å². The van der Waals surface area contributed by atoms with Gasteiger partial charge in [0, 0.05) is 5.56 Å². The third kappa shape index (κ3) is 1.75. The first kappa shape index (κ1) is 13.2. The summed E-state index contributed by atoms with van der Waals surface area (Å²) in [6.45, 7) is 0. The van der Waals surface area contributed by atoms with Crippen molar-refractivity contribution in [3.63, 3.8) is 0 Å². The zero-order chi connectivity index (χ0) is 13.9. The number of aldehydes is 4. The molecule has 0 aliphatic rings. The minimum Gasteiger partial charge on any atom is -0.464 e. The van der Waals surface area contributed by atoms with Crippen molar-refractivity contribution in [3.8, 4) is 0 Å². The number of carbonyl (C=O) groups excluding carboxylic acids is 4. The molecule has 0 aromatic carbocycles. The molecule has 0 bridgehead atoms. The molecule has 92 valence electrons. The Hall–Kier alpha value is -2.90. The molecule has 8 heteroatoms. The maximum Gasteiger partial charge on any atom is 0.419 e. The molecular weight excluding hydrogens is 246 g/mol. The lowest BCUT2D eigenvalue weighted by Gasteiger charge is -2.09. The number of nitrogens with zero attached hydrogens (tertiary/aromatic N) is 1. The lowest BCUT2D eigenvalue weighted by atomic mass is 10.0. The van der Waals surface area contributed by atoms with E-state index in [2.05, 4.69) is 0 Å². The second kappa shape index (κ2) is 4.95. The molecule has 1 heterocycles.